The van der Waals surface area contributed by atoms with E-state index in [1.54, 1.807) is 6.07 Å². The zero-order valence-electron chi connectivity index (χ0n) is 18.2. The van der Waals surface area contributed by atoms with E-state index in [1.165, 1.54) is 12.1 Å². The molecule has 0 spiro atoms. The predicted molar refractivity (Wildman–Crippen MR) is 121 cm³/mol. The summed E-state index contributed by atoms with van der Waals surface area (Å²) in [6.45, 7) is 5.90. The van der Waals surface area contributed by atoms with Crippen molar-refractivity contribution < 1.29 is 19.0 Å². The highest BCUT2D eigenvalue weighted by atomic mass is 19.1. The number of benzene rings is 1. The van der Waals surface area contributed by atoms with Gasteiger partial charge in [-0.1, -0.05) is 0 Å². The lowest BCUT2D eigenvalue weighted by Crippen LogP contribution is -2.35. The van der Waals surface area contributed by atoms with Gasteiger partial charge in [-0.25, -0.2) is 9.37 Å². The zero-order valence-corrected chi connectivity index (χ0v) is 18.2. The molecule has 3 aliphatic heterocycles. The molecule has 3 aliphatic rings. The second-order valence-electron chi connectivity index (χ2n) is 9.07. The van der Waals surface area contributed by atoms with Crippen LogP contribution in [0.4, 0.5) is 15.9 Å². The molecule has 32 heavy (non-hydrogen) atoms. The van der Waals surface area contributed by atoms with E-state index in [-0.39, 0.29) is 12.5 Å². The lowest BCUT2D eigenvalue weighted by molar-refractivity contribution is -0.111. The number of aliphatic hydroxyl groups is 1. The average Bonchev–Trinajstić information content (AvgIpc) is 3.28. The predicted octanol–water partition coefficient (Wildman–Crippen LogP) is 3.99. The monoisotopic (exact) mass is 435 g/mol. The van der Waals surface area contributed by atoms with Gasteiger partial charge in [0.15, 0.2) is 0 Å². The molecule has 0 radical (unpaired) electrons. The van der Waals surface area contributed by atoms with Crippen molar-refractivity contribution in [1.29, 1.82) is 0 Å². The van der Waals surface area contributed by atoms with E-state index in [2.05, 4.69) is 15.2 Å². The molecule has 1 aromatic carbocycles. The van der Waals surface area contributed by atoms with E-state index in [9.17, 15) is 14.3 Å². The molecular formula is C25H26FN3O3. The van der Waals surface area contributed by atoms with Gasteiger partial charge in [0.25, 0.3) is 5.91 Å². The SMILES string of the molecule is CC1(C)OC(=C2C(=O)Nc3ccc(F)cc32)C=C1c1ccc(N2CCC(CO)CC2)nc1. The molecule has 0 bridgehead atoms. The molecule has 1 fully saturated rings. The third-order valence-corrected chi connectivity index (χ3v) is 6.52. The Morgan fingerprint density at radius 3 is 2.72 bits per heavy atom. The molecule has 0 atom stereocenters. The highest BCUT2D eigenvalue weighted by Gasteiger charge is 2.38. The van der Waals surface area contributed by atoms with Crippen molar-refractivity contribution in [3.8, 4) is 0 Å². The van der Waals surface area contributed by atoms with Crippen LogP contribution in [0.25, 0.3) is 11.1 Å². The number of rotatable bonds is 3. The summed E-state index contributed by atoms with van der Waals surface area (Å²) in [6, 6.07) is 8.27. The molecule has 2 aromatic rings. The first kappa shape index (κ1) is 20.7. The van der Waals surface area contributed by atoms with Crippen molar-refractivity contribution in [2.75, 3.05) is 29.9 Å². The van der Waals surface area contributed by atoms with Crippen molar-refractivity contribution in [2.45, 2.75) is 32.3 Å². The van der Waals surface area contributed by atoms with E-state index in [1.807, 2.05) is 38.3 Å². The molecule has 6 nitrogen and oxygen atoms in total. The minimum atomic E-state index is -0.665. The van der Waals surface area contributed by atoms with Gasteiger partial charge in [0.2, 0.25) is 0 Å². The molecule has 166 valence electrons. The molecular weight excluding hydrogens is 409 g/mol. The van der Waals surface area contributed by atoms with Crippen LogP contribution in [0.5, 0.6) is 0 Å². The number of fused-ring (bicyclic) bond motifs is 1. The van der Waals surface area contributed by atoms with Gasteiger partial charge < -0.3 is 20.1 Å². The fraction of sp³-hybridized carbons (Fsp3) is 0.360. The van der Waals surface area contributed by atoms with Gasteiger partial charge in [-0.05, 0) is 69.0 Å². The Balaban J connectivity index is 1.45. The zero-order chi connectivity index (χ0) is 22.5. The van der Waals surface area contributed by atoms with Gasteiger partial charge in [-0.3, -0.25) is 4.79 Å². The van der Waals surface area contributed by atoms with Crippen LogP contribution in [0, 0.1) is 11.7 Å². The van der Waals surface area contributed by atoms with Crippen LogP contribution >= 0.6 is 0 Å². The van der Waals surface area contributed by atoms with Crippen LogP contribution in [-0.2, 0) is 9.53 Å². The molecule has 4 heterocycles. The smallest absolute Gasteiger partial charge is 0.260 e. The third-order valence-electron chi connectivity index (χ3n) is 6.52. The summed E-state index contributed by atoms with van der Waals surface area (Å²) in [6.07, 6.45) is 5.62. The summed E-state index contributed by atoms with van der Waals surface area (Å²) in [7, 11) is 0. The van der Waals surface area contributed by atoms with Crippen LogP contribution in [0.2, 0.25) is 0 Å². The van der Waals surface area contributed by atoms with Gasteiger partial charge in [0.1, 0.15) is 23.0 Å². The van der Waals surface area contributed by atoms with Gasteiger partial charge in [0, 0.05) is 48.3 Å². The Morgan fingerprint density at radius 2 is 2.03 bits per heavy atom. The van der Waals surface area contributed by atoms with Crippen molar-refractivity contribution in [3.05, 3.63) is 65.3 Å². The maximum Gasteiger partial charge on any atom is 0.260 e. The second kappa shape index (κ2) is 7.74. The summed E-state index contributed by atoms with van der Waals surface area (Å²) < 4.78 is 20.0. The number of carbonyl (C=O) groups is 1. The molecule has 1 aromatic heterocycles. The summed E-state index contributed by atoms with van der Waals surface area (Å²) >= 11 is 0. The van der Waals surface area contributed by atoms with Crippen molar-refractivity contribution in [2.24, 2.45) is 5.92 Å². The van der Waals surface area contributed by atoms with E-state index in [0.29, 0.717) is 28.5 Å². The number of amides is 1. The van der Waals surface area contributed by atoms with E-state index < -0.39 is 11.4 Å². The summed E-state index contributed by atoms with van der Waals surface area (Å²) in [5, 5.41) is 12.1. The number of hydrogen-bond acceptors (Lipinski definition) is 5. The standard InChI is InChI=1S/C25H26FN3O3/c1-25(2)19(16-3-6-22(27-13-16)29-9-7-15(14-30)8-10-29)12-21(32-25)23-18-11-17(26)4-5-20(18)28-24(23)31/h3-6,11-13,15,30H,7-10,14H2,1-2H3,(H,28,31). The fourth-order valence-electron chi connectivity index (χ4n) is 4.68. The summed E-state index contributed by atoms with van der Waals surface area (Å²) in [4.78, 5) is 19.5. The molecule has 2 N–H and O–H groups in total. The Hall–Kier alpha value is -3.19. The number of nitrogens with one attached hydrogen (secondary N) is 1. The van der Waals surface area contributed by atoms with Crippen molar-refractivity contribution >= 4 is 28.6 Å². The number of pyridine rings is 1. The number of nitrogens with zero attached hydrogens (tertiary/aromatic N) is 2. The first-order valence-corrected chi connectivity index (χ1v) is 10.9. The van der Waals surface area contributed by atoms with Crippen molar-refractivity contribution in [3.63, 3.8) is 0 Å². The van der Waals surface area contributed by atoms with Crippen LogP contribution in [-0.4, -0.2) is 41.3 Å². The van der Waals surface area contributed by atoms with Crippen LogP contribution in [0.3, 0.4) is 0 Å². The van der Waals surface area contributed by atoms with Gasteiger partial charge >= 0.3 is 0 Å². The number of ether oxygens (including phenoxy) is 1. The van der Waals surface area contributed by atoms with E-state index in [4.69, 9.17) is 4.74 Å². The molecule has 1 amide bonds. The molecule has 5 rings (SSSR count). The van der Waals surface area contributed by atoms with Gasteiger partial charge in [0.05, 0.1) is 5.57 Å². The van der Waals surface area contributed by atoms with Crippen molar-refractivity contribution in [1.82, 2.24) is 4.98 Å². The second-order valence-corrected chi connectivity index (χ2v) is 9.07. The number of aliphatic hydroxyl groups excluding tert-OH is 1. The number of anilines is 2. The summed E-state index contributed by atoms with van der Waals surface area (Å²) in [5.74, 6) is 1.03. The highest BCUT2D eigenvalue weighted by molar-refractivity contribution is 6.32. The minimum absolute atomic E-state index is 0.246. The Kier molecular flexibility index (Phi) is 5.01. The Morgan fingerprint density at radius 1 is 1.25 bits per heavy atom. The highest BCUT2D eigenvalue weighted by Crippen LogP contribution is 2.44. The number of halogens is 1. The fourth-order valence-corrected chi connectivity index (χ4v) is 4.68. The molecule has 0 aliphatic carbocycles. The number of aromatic nitrogens is 1. The third kappa shape index (κ3) is 3.56. The molecule has 0 saturated carbocycles. The average molecular weight is 435 g/mol. The largest absolute Gasteiger partial charge is 0.482 e. The van der Waals surface area contributed by atoms with Crippen LogP contribution in [0.1, 0.15) is 37.8 Å². The van der Waals surface area contributed by atoms with E-state index >= 15 is 0 Å². The Labute approximate surface area is 186 Å². The molecule has 7 heteroatoms. The summed E-state index contributed by atoms with van der Waals surface area (Å²) in [5.41, 5.74) is 2.60. The van der Waals surface area contributed by atoms with E-state index in [0.717, 1.165) is 42.9 Å². The topological polar surface area (TPSA) is 74.7 Å². The maximum atomic E-state index is 13.8. The van der Waals surface area contributed by atoms with Crippen LogP contribution in [0.15, 0.2) is 48.4 Å². The first-order chi connectivity index (χ1) is 15.4. The number of carbonyl (C=O) groups excluding carboxylic acids is 1. The number of piperidine rings is 1. The first-order valence-electron chi connectivity index (χ1n) is 10.9. The number of hydrogen-bond donors (Lipinski definition) is 2. The quantitative estimate of drug-likeness (QED) is 0.714. The normalized spacial score (nSPS) is 22.4. The van der Waals surface area contributed by atoms with Crippen LogP contribution < -0.4 is 10.2 Å². The maximum absolute atomic E-state index is 13.8. The number of allylic oxidation sites excluding steroid dienone is 1. The minimum Gasteiger partial charge on any atom is -0.482 e. The molecule has 0 unspecified atom stereocenters. The van der Waals surface area contributed by atoms with Gasteiger partial charge in [-0.2, -0.15) is 0 Å². The Bertz CT molecular complexity index is 1130. The van der Waals surface area contributed by atoms with Gasteiger partial charge in [-0.15, -0.1) is 0 Å². The lowest BCUT2D eigenvalue weighted by Gasteiger charge is -2.32. The molecule has 1 saturated heterocycles. The lowest BCUT2D eigenvalue weighted by atomic mass is 9.93.